The Hall–Kier alpha value is -3.08. The topological polar surface area (TPSA) is 58.0 Å². The van der Waals surface area contributed by atoms with Gasteiger partial charge in [0.25, 0.3) is 0 Å². The number of nitrogens with one attached hydrogen (secondary N) is 1. The lowest BCUT2D eigenvalue weighted by atomic mass is 9.96. The fraction of sp³-hybridized carbons (Fsp3) is 0.333. The van der Waals surface area contributed by atoms with Gasteiger partial charge in [0.05, 0.1) is 5.69 Å². The Morgan fingerprint density at radius 2 is 1.93 bits per heavy atom. The van der Waals surface area contributed by atoms with Crippen molar-refractivity contribution in [1.82, 2.24) is 15.0 Å². The molecular weight excluding hydrogens is 360 g/mol. The molecule has 5 heteroatoms. The van der Waals surface area contributed by atoms with Crippen LogP contribution in [0.1, 0.15) is 55.0 Å². The molecule has 1 N–H and O–H groups in total. The van der Waals surface area contributed by atoms with Gasteiger partial charge >= 0.3 is 0 Å². The molecule has 148 valence electrons. The van der Waals surface area contributed by atoms with Gasteiger partial charge in [0.15, 0.2) is 0 Å². The lowest BCUT2D eigenvalue weighted by molar-refractivity contribution is 0.424. The Morgan fingerprint density at radius 3 is 2.79 bits per heavy atom. The van der Waals surface area contributed by atoms with Gasteiger partial charge in [-0.3, -0.25) is 0 Å². The molecule has 5 nitrogen and oxygen atoms in total. The van der Waals surface area contributed by atoms with Crippen molar-refractivity contribution in [2.45, 2.75) is 45.1 Å². The number of aryl methyl sites for hydroxylation is 1. The highest BCUT2D eigenvalue weighted by molar-refractivity contribution is 5.85. The molecule has 1 aromatic carbocycles. The van der Waals surface area contributed by atoms with Crippen LogP contribution >= 0.6 is 0 Å². The van der Waals surface area contributed by atoms with Gasteiger partial charge in [0.2, 0.25) is 5.95 Å². The first-order chi connectivity index (χ1) is 14.3. The Bertz CT molecular complexity index is 1100. The van der Waals surface area contributed by atoms with Gasteiger partial charge in [-0.2, -0.15) is 0 Å². The number of fused-ring (bicyclic) bond motifs is 3. The molecule has 0 bridgehead atoms. The molecule has 0 saturated heterocycles. The molecule has 1 atom stereocenters. The molecule has 0 amide bonds. The summed E-state index contributed by atoms with van der Waals surface area (Å²) in [5, 5.41) is 1.30. The zero-order valence-electron chi connectivity index (χ0n) is 16.8. The van der Waals surface area contributed by atoms with Crippen LogP contribution in [-0.2, 0) is 12.8 Å². The molecule has 29 heavy (non-hydrogen) atoms. The van der Waals surface area contributed by atoms with Crippen molar-refractivity contribution in [2.75, 3.05) is 11.4 Å². The highest BCUT2D eigenvalue weighted by atomic mass is 16.3. The Kier molecular flexibility index (Phi) is 4.80. The number of nitrogens with zero attached hydrogens (tertiary/aromatic N) is 3. The van der Waals surface area contributed by atoms with Crippen LogP contribution in [0.25, 0.3) is 10.9 Å². The maximum absolute atomic E-state index is 6.36. The molecular formula is C24H26N4O. The number of hydrogen-bond acceptors (Lipinski definition) is 4. The van der Waals surface area contributed by atoms with Gasteiger partial charge in [-0.15, -0.1) is 0 Å². The maximum Gasteiger partial charge on any atom is 0.226 e. The van der Waals surface area contributed by atoms with Crippen LogP contribution in [0.3, 0.4) is 0 Å². The summed E-state index contributed by atoms with van der Waals surface area (Å²) in [5.41, 5.74) is 3.74. The lowest BCUT2D eigenvalue weighted by Gasteiger charge is -2.34. The molecule has 0 spiro atoms. The lowest BCUT2D eigenvalue weighted by Crippen LogP contribution is -2.37. The predicted octanol–water partition coefficient (Wildman–Crippen LogP) is 5.44. The fourth-order valence-corrected chi connectivity index (χ4v) is 4.42. The zero-order valence-corrected chi connectivity index (χ0v) is 16.8. The standard InChI is InChI=1S/C24H26N4O/c1-2-3-4-8-17-11-12-21(29-17)23-22-19(18-9-5-6-10-20(18)27-22)13-16-28(23)24-25-14-7-15-26-24/h5-7,9-12,14-15,23,27H,2-4,8,13,16H2,1H3. The normalized spacial score (nSPS) is 16.3. The largest absolute Gasteiger partial charge is 0.463 e. The molecule has 1 aliphatic heterocycles. The molecule has 1 unspecified atom stereocenters. The number of para-hydroxylation sites is 1. The molecule has 5 rings (SSSR count). The van der Waals surface area contributed by atoms with Crippen molar-refractivity contribution in [2.24, 2.45) is 0 Å². The minimum atomic E-state index is -0.0477. The number of aromatic amines is 1. The van der Waals surface area contributed by atoms with E-state index in [9.17, 15) is 0 Å². The van der Waals surface area contributed by atoms with E-state index in [1.165, 1.54) is 35.0 Å². The smallest absolute Gasteiger partial charge is 0.226 e. The monoisotopic (exact) mass is 386 g/mol. The van der Waals surface area contributed by atoms with E-state index in [1.54, 1.807) is 12.4 Å². The van der Waals surface area contributed by atoms with E-state index in [1.807, 2.05) is 6.07 Å². The number of benzene rings is 1. The van der Waals surface area contributed by atoms with E-state index >= 15 is 0 Å². The third-order valence-electron chi connectivity index (χ3n) is 5.82. The second-order valence-corrected chi connectivity index (χ2v) is 7.72. The predicted molar refractivity (Wildman–Crippen MR) is 115 cm³/mol. The summed E-state index contributed by atoms with van der Waals surface area (Å²) in [6.07, 6.45) is 9.16. The second-order valence-electron chi connectivity index (χ2n) is 7.72. The number of unbranched alkanes of at least 4 members (excludes halogenated alkanes) is 2. The van der Waals surface area contributed by atoms with Crippen LogP contribution in [0.2, 0.25) is 0 Å². The molecule has 0 saturated carbocycles. The van der Waals surface area contributed by atoms with Crippen molar-refractivity contribution in [3.8, 4) is 0 Å². The molecule has 3 aromatic heterocycles. The van der Waals surface area contributed by atoms with Gasteiger partial charge < -0.3 is 14.3 Å². The molecule has 4 heterocycles. The van der Waals surface area contributed by atoms with Crippen molar-refractivity contribution < 1.29 is 4.42 Å². The first-order valence-corrected chi connectivity index (χ1v) is 10.6. The summed E-state index contributed by atoms with van der Waals surface area (Å²) in [7, 11) is 0. The average molecular weight is 386 g/mol. The number of hydrogen-bond donors (Lipinski definition) is 1. The Morgan fingerprint density at radius 1 is 1.07 bits per heavy atom. The summed E-state index contributed by atoms with van der Waals surface area (Å²) in [5.74, 6) is 2.76. The van der Waals surface area contributed by atoms with E-state index in [-0.39, 0.29) is 6.04 Å². The molecule has 1 aliphatic rings. The highest BCUT2D eigenvalue weighted by Gasteiger charge is 2.35. The number of aromatic nitrogens is 3. The summed E-state index contributed by atoms with van der Waals surface area (Å²) in [4.78, 5) is 15.0. The SMILES string of the molecule is CCCCCc1ccc(C2c3[nH]c4ccccc4c3CCN2c2ncccn2)o1. The number of H-pyrrole nitrogens is 1. The Balaban J connectivity index is 1.58. The van der Waals surface area contributed by atoms with Gasteiger partial charge in [0.1, 0.15) is 17.6 Å². The van der Waals surface area contributed by atoms with Gasteiger partial charge in [-0.25, -0.2) is 9.97 Å². The van der Waals surface area contributed by atoms with Crippen LogP contribution in [-0.4, -0.2) is 21.5 Å². The quantitative estimate of drug-likeness (QED) is 0.449. The summed E-state index contributed by atoms with van der Waals surface area (Å²) in [6, 6.07) is 14.6. The minimum Gasteiger partial charge on any atom is -0.463 e. The van der Waals surface area contributed by atoms with Crippen LogP contribution in [0.15, 0.2) is 59.3 Å². The molecule has 0 aliphatic carbocycles. The van der Waals surface area contributed by atoms with Crippen LogP contribution in [0.5, 0.6) is 0 Å². The van der Waals surface area contributed by atoms with Gasteiger partial charge in [0, 0.05) is 36.3 Å². The van der Waals surface area contributed by atoms with Crippen LogP contribution < -0.4 is 4.90 Å². The summed E-state index contributed by atoms with van der Waals surface area (Å²) < 4.78 is 6.36. The third kappa shape index (κ3) is 3.31. The van der Waals surface area contributed by atoms with Crippen molar-refractivity contribution >= 4 is 16.9 Å². The van der Waals surface area contributed by atoms with E-state index in [2.05, 4.69) is 63.2 Å². The highest BCUT2D eigenvalue weighted by Crippen LogP contribution is 2.40. The van der Waals surface area contributed by atoms with Crippen molar-refractivity contribution in [3.05, 3.63) is 77.6 Å². The summed E-state index contributed by atoms with van der Waals surface area (Å²) >= 11 is 0. The molecule has 4 aromatic rings. The first kappa shape index (κ1) is 18.0. The van der Waals surface area contributed by atoms with Gasteiger partial charge in [-0.05, 0) is 42.7 Å². The zero-order chi connectivity index (χ0) is 19.6. The summed E-state index contributed by atoms with van der Waals surface area (Å²) in [6.45, 7) is 3.08. The van der Waals surface area contributed by atoms with Crippen molar-refractivity contribution in [3.63, 3.8) is 0 Å². The minimum absolute atomic E-state index is 0.0477. The fourth-order valence-electron chi connectivity index (χ4n) is 4.42. The van der Waals surface area contributed by atoms with E-state index in [4.69, 9.17) is 4.42 Å². The number of rotatable bonds is 6. The molecule has 0 radical (unpaired) electrons. The second kappa shape index (κ2) is 7.74. The van der Waals surface area contributed by atoms with Crippen LogP contribution in [0.4, 0.5) is 5.95 Å². The average Bonchev–Trinajstić information content (AvgIpc) is 3.38. The number of anilines is 1. The van der Waals surface area contributed by atoms with E-state index < -0.39 is 0 Å². The first-order valence-electron chi connectivity index (χ1n) is 10.6. The maximum atomic E-state index is 6.36. The molecule has 0 fully saturated rings. The van der Waals surface area contributed by atoms with E-state index in [0.717, 1.165) is 43.3 Å². The van der Waals surface area contributed by atoms with Crippen LogP contribution in [0, 0.1) is 0 Å². The Labute approximate surface area is 170 Å². The van der Waals surface area contributed by atoms with E-state index in [0.29, 0.717) is 0 Å². The third-order valence-corrected chi connectivity index (χ3v) is 5.82. The van der Waals surface area contributed by atoms with Gasteiger partial charge in [-0.1, -0.05) is 38.0 Å². The van der Waals surface area contributed by atoms with Crippen molar-refractivity contribution in [1.29, 1.82) is 0 Å². The number of furan rings is 1.